The van der Waals surface area contributed by atoms with E-state index in [1.807, 2.05) is 0 Å². The molecule has 2 saturated heterocycles. The highest BCUT2D eigenvalue weighted by molar-refractivity contribution is 5.45. The van der Waals surface area contributed by atoms with Crippen molar-refractivity contribution >= 4 is 6.41 Å². The number of nitrogens with one attached hydrogen (secondary N) is 1. The van der Waals surface area contributed by atoms with Crippen LogP contribution in [0.4, 0.5) is 0 Å². The molecule has 0 radical (unpaired) electrons. The topological polar surface area (TPSA) is 41.6 Å². The highest BCUT2D eigenvalue weighted by atomic mass is 16.5. The van der Waals surface area contributed by atoms with E-state index in [1.165, 1.54) is 45.3 Å². The Morgan fingerprint density at radius 2 is 2.00 bits per heavy atom. The van der Waals surface area contributed by atoms with Gasteiger partial charge in [0.25, 0.3) is 0 Å². The second-order valence-corrected chi connectivity index (χ2v) is 5.66. The number of rotatable bonds is 7. The van der Waals surface area contributed by atoms with E-state index in [9.17, 15) is 4.79 Å². The molecule has 0 aromatic carbocycles. The lowest BCUT2D eigenvalue weighted by atomic mass is 9.93. The van der Waals surface area contributed by atoms with Gasteiger partial charge in [0.2, 0.25) is 6.41 Å². The van der Waals surface area contributed by atoms with Crippen LogP contribution in [0.1, 0.15) is 32.1 Å². The molecule has 2 heterocycles. The largest absolute Gasteiger partial charge is 0.381 e. The Kier molecular flexibility index (Phi) is 5.94. The lowest BCUT2D eigenvalue weighted by Crippen LogP contribution is -2.35. The molecular formula is C14H26N2O2. The van der Waals surface area contributed by atoms with Crippen LogP contribution < -0.4 is 5.32 Å². The number of carbonyl (C=O) groups is 1. The first-order chi connectivity index (χ1) is 8.88. The molecule has 0 saturated carbocycles. The molecule has 1 amide bonds. The smallest absolute Gasteiger partial charge is 0.207 e. The Bertz CT molecular complexity index is 234. The molecule has 1 unspecified atom stereocenters. The zero-order chi connectivity index (χ0) is 12.6. The quantitative estimate of drug-likeness (QED) is 0.549. The molecule has 1 N–H and O–H groups in total. The monoisotopic (exact) mass is 254 g/mol. The van der Waals surface area contributed by atoms with E-state index in [1.54, 1.807) is 0 Å². The zero-order valence-corrected chi connectivity index (χ0v) is 11.3. The highest BCUT2D eigenvalue weighted by Crippen LogP contribution is 2.22. The fourth-order valence-corrected chi connectivity index (χ4v) is 3.02. The van der Waals surface area contributed by atoms with E-state index in [4.69, 9.17) is 4.74 Å². The molecule has 0 spiro atoms. The standard InChI is InChI=1S/C14H26N2O2/c17-12-15-6-1-13-2-7-16(8-3-13)9-4-14-5-10-18-11-14/h12-14H,1-11H2,(H,15,17). The predicted molar refractivity (Wildman–Crippen MR) is 71.4 cm³/mol. The maximum atomic E-state index is 10.2. The van der Waals surface area contributed by atoms with E-state index < -0.39 is 0 Å². The van der Waals surface area contributed by atoms with Crippen molar-refractivity contribution in [1.82, 2.24) is 10.2 Å². The Labute approximate surface area is 110 Å². The van der Waals surface area contributed by atoms with Crippen molar-refractivity contribution in [2.24, 2.45) is 11.8 Å². The van der Waals surface area contributed by atoms with Crippen LogP contribution in [-0.4, -0.2) is 50.7 Å². The van der Waals surface area contributed by atoms with Gasteiger partial charge in [-0.2, -0.15) is 0 Å². The average Bonchev–Trinajstić information content (AvgIpc) is 2.91. The minimum atomic E-state index is 0.804. The third-order valence-electron chi connectivity index (χ3n) is 4.36. The lowest BCUT2D eigenvalue weighted by molar-refractivity contribution is -0.109. The van der Waals surface area contributed by atoms with Crippen molar-refractivity contribution in [1.29, 1.82) is 0 Å². The molecule has 104 valence electrons. The fraction of sp³-hybridized carbons (Fsp3) is 0.929. The number of likely N-dealkylation sites (tertiary alicyclic amines) is 1. The number of carbonyl (C=O) groups excluding carboxylic acids is 1. The van der Waals surface area contributed by atoms with Crippen LogP contribution >= 0.6 is 0 Å². The molecule has 18 heavy (non-hydrogen) atoms. The van der Waals surface area contributed by atoms with E-state index >= 15 is 0 Å². The van der Waals surface area contributed by atoms with Gasteiger partial charge in [-0.25, -0.2) is 0 Å². The van der Waals surface area contributed by atoms with Crippen LogP contribution in [0.2, 0.25) is 0 Å². The molecule has 2 aliphatic rings. The number of hydrogen-bond donors (Lipinski definition) is 1. The van der Waals surface area contributed by atoms with Gasteiger partial charge in [-0.1, -0.05) is 0 Å². The summed E-state index contributed by atoms with van der Waals surface area (Å²) in [5.41, 5.74) is 0. The van der Waals surface area contributed by atoms with Gasteiger partial charge >= 0.3 is 0 Å². The van der Waals surface area contributed by atoms with Gasteiger partial charge in [-0.15, -0.1) is 0 Å². The summed E-state index contributed by atoms with van der Waals surface area (Å²) in [6.07, 6.45) is 7.09. The van der Waals surface area contributed by atoms with Crippen LogP contribution in [0.5, 0.6) is 0 Å². The molecule has 2 rings (SSSR count). The van der Waals surface area contributed by atoms with Crippen LogP contribution in [0, 0.1) is 11.8 Å². The van der Waals surface area contributed by atoms with Gasteiger partial charge in [0.05, 0.1) is 0 Å². The van der Waals surface area contributed by atoms with Crippen molar-refractivity contribution < 1.29 is 9.53 Å². The Hall–Kier alpha value is -0.610. The van der Waals surface area contributed by atoms with Gasteiger partial charge in [0.1, 0.15) is 0 Å². The molecule has 2 aliphatic heterocycles. The van der Waals surface area contributed by atoms with E-state index in [0.717, 1.165) is 44.4 Å². The average molecular weight is 254 g/mol. The van der Waals surface area contributed by atoms with Crippen molar-refractivity contribution in [3.05, 3.63) is 0 Å². The Morgan fingerprint density at radius 1 is 1.17 bits per heavy atom. The van der Waals surface area contributed by atoms with Crippen molar-refractivity contribution in [2.45, 2.75) is 32.1 Å². The summed E-state index contributed by atoms with van der Waals surface area (Å²) in [5.74, 6) is 1.61. The second-order valence-electron chi connectivity index (χ2n) is 5.66. The maximum Gasteiger partial charge on any atom is 0.207 e. The van der Waals surface area contributed by atoms with Crippen LogP contribution in [-0.2, 0) is 9.53 Å². The van der Waals surface area contributed by atoms with Crippen molar-refractivity contribution in [3.8, 4) is 0 Å². The minimum Gasteiger partial charge on any atom is -0.381 e. The molecule has 0 aromatic heterocycles. The third-order valence-corrected chi connectivity index (χ3v) is 4.36. The normalized spacial score (nSPS) is 26.3. The molecule has 1 atom stereocenters. The summed E-state index contributed by atoms with van der Waals surface area (Å²) in [7, 11) is 0. The van der Waals surface area contributed by atoms with Gasteiger partial charge in [-0.3, -0.25) is 4.79 Å². The summed E-state index contributed by atoms with van der Waals surface area (Å²) in [4.78, 5) is 12.8. The number of hydrogen-bond acceptors (Lipinski definition) is 3. The second kappa shape index (κ2) is 7.74. The van der Waals surface area contributed by atoms with Gasteiger partial charge in [0, 0.05) is 19.8 Å². The maximum absolute atomic E-state index is 10.2. The first kappa shape index (κ1) is 13.8. The minimum absolute atomic E-state index is 0.804. The summed E-state index contributed by atoms with van der Waals surface area (Å²) in [6, 6.07) is 0. The van der Waals surface area contributed by atoms with Crippen molar-refractivity contribution in [2.75, 3.05) is 39.4 Å². The van der Waals surface area contributed by atoms with E-state index in [0.29, 0.717) is 0 Å². The molecule has 4 nitrogen and oxygen atoms in total. The van der Waals surface area contributed by atoms with Gasteiger partial charge < -0.3 is 15.0 Å². The highest BCUT2D eigenvalue weighted by Gasteiger charge is 2.21. The number of ether oxygens (including phenoxy) is 1. The van der Waals surface area contributed by atoms with Crippen LogP contribution in [0.25, 0.3) is 0 Å². The van der Waals surface area contributed by atoms with Gasteiger partial charge in [0.15, 0.2) is 0 Å². The number of amides is 1. The summed E-state index contributed by atoms with van der Waals surface area (Å²) >= 11 is 0. The zero-order valence-electron chi connectivity index (χ0n) is 11.3. The third kappa shape index (κ3) is 4.58. The molecular weight excluding hydrogens is 228 g/mol. The summed E-state index contributed by atoms with van der Waals surface area (Å²) in [5, 5.41) is 2.76. The Balaban J connectivity index is 1.53. The first-order valence-electron chi connectivity index (χ1n) is 7.35. The van der Waals surface area contributed by atoms with E-state index in [2.05, 4.69) is 10.2 Å². The van der Waals surface area contributed by atoms with Crippen LogP contribution in [0.15, 0.2) is 0 Å². The lowest BCUT2D eigenvalue weighted by Gasteiger charge is -2.32. The fourth-order valence-electron chi connectivity index (χ4n) is 3.02. The van der Waals surface area contributed by atoms with E-state index in [-0.39, 0.29) is 0 Å². The summed E-state index contributed by atoms with van der Waals surface area (Å²) < 4.78 is 5.42. The summed E-state index contributed by atoms with van der Waals surface area (Å²) in [6.45, 7) is 6.50. The van der Waals surface area contributed by atoms with Gasteiger partial charge in [-0.05, 0) is 63.6 Å². The predicted octanol–water partition coefficient (Wildman–Crippen LogP) is 1.26. The molecule has 0 aromatic rings. The van der Waals surface area contributed by atoms with Crippen molar-refractivity contribution in [3.63, 3.8) is 0 Å². The molecule has 0 aliphatic carbocycles. The SMILES string of the molecule is O=CNCCC1CCN(CCC2CCOC2)CC1. The molecule has 0 bridgehead atoms. The Morgan fingerprint density at radius 3 is 2.67 bits per heavy atom. The number of nitrogens with zero attached hydrogens (tertiary/aromatic N) is 1. The molecule has 4 heteroatoms. The van der Waals surface area contributed by atoms with Crippen LogP contribution in [0.3, 0.4) is 0 Å². The number of piperidine rings is 1. The molecule has 2 fully saturated rings. The first-order valence-corrected chi connectivity index (χ1v) is 7.35.